The largest absolute Gasteiger partial charge is 0.326 e. The molecule has 0 aliphatic rings. The summed E-state index contributed by atoms with van der Waals surface area (Å²) >= 11 is 1.33. The molecule has 8 heteroatoms. The number of aromatic nitrogens is 3. The maximum Gasteiger partial charge on any atom is 0.234 e. The van der Waals surface area contributed by atoms with E-state index < -0.39 is 0 Å². The van der Waals surface area contributed by atoms with Gasteiger partial charge in [-0.05, 0) is 56.2 Å². The quantitative estimate of drug-likeness (QED) is 0.603. The van der Waals surface area contributed by atoms with Crippen molar-refractivity contribution >= 4 is 35.0 Å². The first-order chi connectivity index (χ1) is 13.8. The summed E-state index contributed by atoms with van der Waals surface area (Å²) in [5, 5.41) is 14.6. The van der Waals surface area contributed by atoms with Crippen molar-refractivity contribution in [1.29, 1.82) is 0 Å². The van der Waals surface area contributed by atoms with Gasteiger partial charge >= 0.3 is 0 Å². The highest BCUT2D eigenvalue weighted by molar-refractivity contribution is 7.99. The van der Waals surface area contributed by atoms with Crippen LogP contribution in [0.1, 0.15) is 23.9 Å². The minimum atomic E-state index is -0.164. The van der Waals surface area contributed by atoms with Crippen molar-refractivity contribution in [3.05, 3.63) is 59.4 Å². The summed E-state index contributed by atoms with van der Waals surface area (Å²) in [6.07, 6.45) is 0. The Morgan fingerprint density at radius 3 is 2.45 bits per heavy atom. The molecule has 2 N–H and O–H groups in total. The van der Waals surface area contributed by atoms with Gasteiger partial charge in [-0.2, -0.15) is 0 Å². The SMILES string of the molecule is CC(=O)Nc1cccc(NC(=O)CSc2nnc(C)n2-c2cc(C)ccc2C)c1. The molecule has 0 saturated heterocycles. The zero-order valence-electron chi connectivity index (χ0n) is 16.8. The van der Waals surface area contributed by atoms with Crippen molar-refractivity contribution in [3.63, 3.8) is 0 Å². The van der Waals surface area contributed by atoms with Crippen molar-refractivity contribution < 1.29 is 9.59 Å². The predicted molar refractivity (Wildman–Crippen MR) is 116 cm³/mol. The van der Waals surface area contributed by atoms with E-state index in [1.807, 2.05) is 25.3 Å². The van der Waals surface area contributed by atoms with Crippen molar-refractivity contribution in [2.75, 3.05) is 16.4 Å². The predicted octanol–water partition coefficient (Wildman–Crippen LogP) is 3.88. The van der Waals surface area contributed by atoms with E-state index in [9.17, 15) is 9.59 Å². The number of benzene rings is 2. The van der Waals surface area contributed by atoms with Crippen LogP contribution in [0.25, 0.3) is 5.69 Å². The first-order valence-electron chi connectivity index (χ1n) is 9.13. The van der Waals surface area contributed by atoms with E-state index in [-0.39, 0.29) is 17.6 Å². The van der Waals surface area contributed by atoms with Crippen LogP contribution >= 0.6 is 11.8 Å². The first-order valence-corrected chi connectivity index (χ1v) is 10.1. The number of hydrogen-bond acceptors (Lipinski definition) is 5. The molecular formula is C21H23N5O2S. The molecule has 0 saturated carbocycles. The van der Waals surface area contributed by atoms with Gasteiger partial charge in [-0.1, -0.05) is 30.0 Å². The summed E-state index contributed by atoms with van der Waals surface area (Å²) in [4.78, 5) is 23.6. The third-order valence-electron chi connectivity index (χ3n) is 4.20. The van der Waals surface area contributed by atoms with Gasteiger partial charge in [-0.3, -0.25) is 14.2 Å². The number of hydrogen-bond donors (Lipinski definition) is 2. The number of rotatable bonds is 6. The van der Waals surface area contributed by atoms with E-state index in [4.69, 9.17) is 0 Å². The molecule has 0 aliphatic heterocycles. The Kier molecular flexibility index (Phi) is 6.33. The molecule has 0 bridgehead atoms. The molecule has 0 atom stereocenters. The van der Waals surface area contributed by atoms with Crippen molar-refractivity contribution in [3.8, 4) is 5.69 Å². The van der Waals surface area contributed by atoms with Crippen LogP contribution in [0.15, 0.2) is 47.6 Å². The molecule has 0 fully saturated rings. The highest BCUT2D eigenvalue weighted by Gasteiger charge is 2.15. The van der Waals surface area contributed by atoms with Gasteiger partial charge in [0.25, 0.3) is 0 Å². The Balaban J connectivity index is 1.70. The number of amides is 2. The Labute approximate surface area is 173 Å². The Morgan fingerprint density at radius 2 is 1.72 bits per heavy atom. The van der Waals surface area contributed by atoms with Crippen LogP contribution < -0.4 is 10.6 Å². The molecular weight excluding hydrogens is 386 g/mol. The Bertz CT molecular complexity index is 1060. The lowest BCUT2D eigenvalue weighted by atomic mass is 10.1. The van der Waals surface area contributed by atoms with Crippen LogP contribution in [0, 0.1) is 20.8 Å². The molecule has 3 aromatic rings. The molecule has 29 heavy (non-hydrogen) atoms. The van der Waals surface area contributed by atoms with E-state index in [1.54, 1.807) is 24.3 Å². The highest BCUT2D eigenvalue weighted by atomic mass is 32.2. The maximum atomic E-state index is 12.4. The number of thioether (sulfide) groups is 1. The summed E-state index contributed by atoms with van der Waals surface area (Å²) in [6, 6.07) is 13.2. The highest BCUT2D eigenvalue weighted by Crippen LogP contribution is 2.25. The van der Waals surface area contributed by atoms with Gasteiger partial charge in [-0.15, -0.1) is 10.2 Å². The molecule has 0 aliphatic carbocycles. The molecule has 2 aromatic carbocycles. The van der Waals surface area contributed by atoms with Crippen LogP contribution in [-0.4, -0.2) is 32.3 Å². The van der Waals surface area contributed by atoms with E-state index >= 15 is 0 Å². The summed E-state index contributed by atoms with van der Waals surface area (Å²) in [5.41, 5.74) is 4.52. The first kappa shape index (κ1) is 20.6. The van der Waals surface area contributed by atoms with Crippen LogP contribution in [0.4, 0.5) is 11.4 Å². The normalized spacial score (nSPS) is 10.6. The van der Waals surface area contributed by atoms with Gasteiger partial charge in [0.15, 0.2) is 5.16 Å². The average Bonchev–Trinajstić information content (AvgIpc) is 3.02. The third kappa shape index (κ3) is 5.23. The lowest BCUT2D eigenvalue weighted by Gasteiger charge is -2.12. The van der Waals surface area contributed by atoms with Gasteiger partial charge in [0, 0.05) is 18.3 Å². The number of anilines is 2. The number of nitrogens with zero attached hydrogens (tertiary/aromatic N) is 3. The minimum absolute atomic E-state index is 0.162. The lowest BCUT2D eigenvalue weighted by Crippen LogP contribution is -2.15. The van der Waals surface area contributed by atoms with Crippen molar-refractivity contribution in [2.45, 2.75) is 32.9 Å². The fraction of sp³-hybridized carbons (Fsp3) is 0.238. The molecule has 7 nitrogen and oxygen atoms in total. The standard InChI is InChI=1S/C21H23N5O2S/c1-13-8-9-14(2)19(10-13)26-15(3)24-25-21(26)29-12-20(28)23-18-7-5-6-17(11-18)22-16(4)27/h5-11H,12H2,1-4H3,(H,22,27)(H,23,28). The Hall–Kier alpha value is -3.13. The van der Waals surface area contributed by atoms with Crippen LogP contribution in [0.2, 0.25) is 0 Å². The molecule has 0 radical (unpaired) electrons. The number of aryl methyl sites for hydroxylation is 3. The molecule has 1 heterocycles. The average molecular weight is 410 g/mol. The van der Waals surface area contributed by atoms with E-state index in [2.05, 4.69) is 39.0 Å². The number of carbonyl (C=O) groups excluding carboxylic acids is 2. The molecule has 1 aromatic heterocycles. The van der Waals surface area contributed by atoms with E-state index in [0.717, 1.165) is 22.6 Å². The van der Waals surface area contributed by atoms with Crippen LogP contribution in [-0.2, 0) is 9.59 Å². The topological polar surface area (TPSA) is 88.9 Å². The van der Waals surface area contributed by atoms with E-state index in [1.165, 1.54) is 18.7 Å². The van der Waals surface area contributed by atoms with Gasteiger partial charge < -0.3 is 10.6 Å². The molecule has 150 valence electrons. The molecule has 0 unspecified atom stereocenters. The lowest BCUT2D eigenvalue weighted by molar-refractivity contribution is -0.114. The van der Waals surface area contributed by atoms with Gasteiger partial charge in [-0.25, -0.2) is 0 Å². The maximum absolute atomic E-state index is 12.4. The van der Waals surface area contributed by atoms with Gasteiger partial charge in [0.05, 0.1) is 11.4 Å². The fourth-order valence-electron chi connectivity index (χ4n) is 2.88. The second-order valence-electron chi connectivity index (χ2n) is 6.75. The minimum Gasteiger partial charge on any atom is -0.326 e. The van der Waals surface area contributed by atoms with E-state index in [0.29, 0.717) is 16.5 Å². The fourth-order valence-corrected chi connectivity index (χ4v) is 3.67. The summed E-state index contributed by atoms with van der Waals surface area (Å²) in [5.74, 6) is 0.630. The summed E-state index contributed by atoms with van der Waals surface area (Å²) < 4.78 is 1.97. The zero-order valence-corrected chi connectivity index (χ0v) is 17.6. The second kappa shape index (κ2) is 8.91. The van der Waals surface area contributed by atoms with Crippen molar-refractivity contribution in [2.24, 2.45) is 0 Å². The molecule has 2 amide bonds. The molecule has 0 spiro atoms. The van der Waals surface area contributed by atoms with Crippen LogP contribution in [0.5, 0.6) is 0 Å². The van der Waals surface area contributed by atoms with Gasteiger partial charge in [0.2, 0.25) is 11.8 Å². The van der Waals surface area contributed by atoms with Crippen LogP contribution in [0.3, 0.4) is 0 Å². The number of nitrogens with one attached hydrogen (secondary N) is 2. The summed E-state index contributed by atoms with van der Waals surface area (Å²) in [7, 11) is 0. The summed E-state index contributed by atoms with van der Waals surface area (Å²) in [6.45, 7) is 7.41. The Morgan fingerprint density at radius 1 is 1.00 bits per heavy atom. The zero-order chi connectivity index (χ0) is 21.0. The van der Waals surface area contributed by atoms with Crippen molar-refractivity contribution in [1.82, 2.24) is 14.8 Å². The second-order valence-corrected chi connectivity index (χ2v) is 7.70. The monoisotopic (exact) mass is 409 g/mol. The number of carbonyl (C=O) groups is 2. The van der Waals surface area contributed by atoms with Gasteiger partial charge in [0.1, 0.15) is 5.82 Å². The molecule has 3 rings (SSSR count). The smallest absolute Gasteiger partial charge is 0.234 e. The third-order valence-corrected chi connectivity index (χ3v) is 5.13.